The predicted octanol–water partition coefficient (Wildman–Crippen LogP) is -1.67. The highest BCUT2D eigenvalue weighted by molar-refractivity contribution is 6.02. The van der Waals surface area contributed by atoms with Gasteiger partial charge in [-0.2, -0.15) is 0 Å². The molecule has 0 aromatic heterocycles. The fourth-order valence-corrected chi connectivity index (χ4v) is 1.28. The Kier molecular flexibility index (Phi) is 1.14. The Labute approximate surface area is 63.1 Å². The van der Waals surface area contributed by atoms with Crippen molar-refractivity contribution in [1.82, 2.24) is 0 Å². The Bertz CT molecular complexity index is 255. The number of ether oxygens (including phenoxy) is 1. The van der Waals surface area contributed by atoms with Crippen molar-refractivity contribution >= 4 is 5.78 Å². The molecule has 0 bridgehead atoms. The highest BCUT2D eigenvalue weighted by atomic mass is 16.6. The minimum atomic E-state index is -1.11. The Morgan fingerprint density at radius 2 is 2.27 bits per heavy atom. The molecule has 2 aliphatic rings. The summed E-state index contributed by atoms with van der Waals surface area (Å²) in [6, 6.07) is 0. The van der Waals surface area contributed by atoms with Gasteiger partial charge < -0.3 is 14.9 Å². The summed E-state index contributed by atoms with van der Waals surface area (Å²) in [5.74, 6) is -0.765. The van der Waals surface area contributed by atoms with E-state index in [9.17, 15) is 9.90 Å². The Morgan fingerprint density at radius 3 is 2.91 bits per heavy atom. The van der Waals surface area contributed by atoms with Crippen LogP contribution in [0.1, 0.15) is 6.92 Å². The molecule has 0 radical (unpaired) electrons. The SMILES string of the molecule is CC1=C([O-])C(O)[C@@H]2O[C@@H]2C1=O. The second kappa shape index (κ2) is 1.84. The molecule has 1 fully saturated rings. The van der Waals surface area contributed by atoms with Crippen molar-refractivity contribution in [3.05, 3.63) is 11.3 Å². The molecule has 11 heavy (non-hydrogen) atoms. The molecule has 0 amide bonds. The van der Waals surface area contributed by atoms with Crippen molar-refractivity contribution in [3.63, 3.8) is 0 Å². The number of rotatable bonds is 0. The van der Waals surface area contributed by atoms with E-state index in [-0.39, 0.29) is 11.4 Å². The Hall–Kier alpha value is -0.870. The number of hydrogen-bond acceptors (Lipinski definition) is 4. The number of carbonyl (C=O) groups excluding carboxylic acids is 1. The summed E-state index contributed by atoms with van der Waals surface area (Å²) in [6.45, 7) is 1.42. The zero-order chi connectivity index (χ0) is 8.17. The van der Waals surface area contributed by atoms with Gasteiger partial charge in [-0.25, -0.2) is 0 Å². The maximum Gasteiger partial charge on any atom is 0.189 e. The van der Waals surface area contributed by atoms with Crippen molar-refractivity contribution < 1.29 is 19.7 Å². The maximum atomic E-state index is 11.0. The van der Waals surface area contributed by atoms with Crippen LogP contribution in [-0.2, 0) is 9.53 Å². The molecule has 1 heterocycles. The van der Waals surface area contributed by atoms with Crippen LogP contribution in [0, 0.1) is 0 Å². The van der Waals surface area contributed by atoms with E-state index in [0.717, 1.165) is 0 Å². The van der Waals surface area contributed by atoms with Crippen LogP contribution < -0.4 is 5.11 Å². The monoisotopic (exact) mass is 155 g/mol. The molecule has 0 spiro atoms. The molecule has 1 saturated heterocycles. The van der Waals surface area contributed by atoms with Gasteiger partial charge in [-0.3, -0.25) is 4.79 Å². The largest absolute Gasteiger partial charge is 0.873 e. The van der Waals surface area contributed by atoms with E-state index in [4.69, 9.17) is 9.84 Å². The quantitative estimate of drug-likeness (QED) is 0.424. The lowest BCUT2D eigenvalue weighted by molar-refractivity contribution is -0.322. The van der Waals surface area contributed by atoms with Crippen molar-refractivity contribution in [1.29, 1.82) is 0 Å². The summed E-state index contributed by atoms with van der Waals surface area (Å²) in [5, 5.41) is 20.1. The number of ketones is 1. The van der Waals surface area contributed by atoms with Gasteiger partial charge in [0.1, 0.15) is 12.2 Å². The average Bonchev–Trinajstić information content (AvgIpc) is 2.76. The summed E-state index contributed by atoms with van der Waals surface area (Å²) in [5.41, 5.74) is 0.108. The van der Waals surface area contributed by atoms with Gasteiger partial charge >= 0.3 is 0 Å². The van der Waals surface area contributed by atoms with Gasteiger partial charge in [0.2, 0.25) is 0 Å². The lowest BCUT2D eigenvalue weighted by Gasteiger charge is -2.23. The third-order valence-corrected chi connectivity index (χ3v) is 2.10. The van der Waals surface area contributed by atoms with E-state index in [0.29, 0.717) is 0 Å². The second-order valence-corrected chi connectivity index (χ2v) is 2.82. The minimum Gasteiger partial charge on any atom is -0.873 e. The van der Waals surface area contributed by atoms with E-state index in [1.165, 1.54) is 6.92 Å². The first-order valence-electron chi connectivity index (χ1n) is 3.38. The van der Waals surface area contributed by atoms with Crippen molar-refractivity contribution in [2.75, 3.05) is 0 Å². The molecule has 2 rings (SSSR count). The van der Waals surface area contributed by atoms with Crippen LogP contribution in [0.25, 0.3) is 0 Å². The molecule has 3 atom stereocenters. The molecular formula is C7H7O4-. The summed E-state index contributed by atoms with van der Waals surface area (Å²) in [7, 11) is 0. The number of aliphatic hydroxyl groups excluding tert-OH is 1. The molecule has 1 aliphatic carbocycles. The van der Waals surface area contributed by atoms with Gasteiger partial charge in [-0.05, 0) is 12.5 Å². The lowest BCUT2D eigenvalue weighted by Crippen LogP contribution is -2.36. The van der Waals surface area contributed by atoms with Gasteiger partial charge in [0.05, 0.1) is 6.10 Å². The highest BCUT2D eigenvalue weighted by Crippen LogP contribution is 2.35. The first-order valence-corrected chi connectivity index (χ1v) is 3.38. The molecule has 1 unspecified atom stereocenters. The topological polar surface area (TPSA) is 72.9 Å². The number of Topliss-reactive ketones (excluding diaryl/α,β-unsaturated/α-hetero) is 1. The van der Waals surface area contributed by atoms with Crippen LogP contribution in [-0.4, -0.2) is 29.2 Å². The predicted molar refractivity (Wildman–Crippen MR) is 32.4 cm³/mol. The molecule has 0 saturated carbocycles. The maximum absolute atomic E-state index is 11.0. The molecule has 1 aliphatic heterocycles. The standard InChI is InChI=1S/C7H8O4/c1-2-3(8)5(10)7-6(11-7)4(2)9/h5-8,10H,1H3/p-1/t5?,6-,7+/m1/s1. The number of hydrogen-bond donors (Lipinski definition) is 1. The molecule has 4 nitrogen and oxygen atoms in total. The highest BCUT2D eigenvalue weighted by Gasteiger charge is 2.52. The van der Waals surface area contributed by atoms with E-state index >= 15 is 0 Å². The molecule has 60 valence electrons. The molecule has 4 heteroatoms. The average molecular weight is 155 g/mol. The number of epoxide rings is 1. The summed E-state index contributed by atoms with van der Waals surface area (Å²) < 4.78 is 4.80. The van der Waals surface area contributed by atoms with Crippen LogP contribution in [0.4, 0.5) is 0 Å². The number of aliphatic hydroxyl groups is 1. The van der Waals surface area contributed by atoms with Crippen LogP contribution in [0.15, 0.2) is 11.3 Å². The van der Waals surface area contributed by atoms with E-state index in [1.807, 2.05) is 0 Å². The zero-order valence-corrected chi connectivity index (χ0v) is 5.90. The van der Waals surface area contributed by atoms with Crippen LogP contribution in [0.3, 0.4) is 0 Å². The number of carbonyl (C=O) groups is 1. The third kappa shape index (κ3) is 0.735. The van der Waals surface area contributed by atoms with Crippen molar-refractivity contribution in [3.8, 4) is 0 Å². The van der Waals surface area contributed by atoms with Gasteiger partial charge in [-0.15, -0.1) is 0 Å². The third-order valence-electron chi connectivity index (χ3n) is 2.10. The molecule has 1 N–H and O–H groups in total. The van der Waals surface area contributed by atoms with E-state index in [2.05, 4.69) is 0 Å². The minimum absolute atomic E-state index is 0.108. The van der Waals surface area contributed by atoms with Crippen LogP contribution in [0.5, 0.6) is 0 Å². The van der Waals surface area contributed by atoms with Crippen LogP contribution in [0.2, 0.25) is 0 Å². The molecule has 0 aromatic rings. The van der Waals surface area contributed by atoms with Gasteiger partial charge in [0.15, 0.2) is 5.78 Å². The summed E-state index contributed by atoms with van der Waals surface area (Å²) in [6.07, 6.45) is -2.21. The van der Waals surface area contributed by atoms with E-state index < -0.39 is 24.1 Å². The smallest absolute Gasteiger partial charge is 0.189 e. The van der Waals surface area contributed by atoms with Crippen LogP contribution >= 0.6 is 0 Å². The van der Waals surface area contributed by atoms with Gasteiger partial charge in [-0.1, -0.05) is 5.76 Å². The van der Waals surface area contributed by atoms with Gasteiger partial charge in [0, 0.05) is 0 Å². The summed E-state index contributed by atoms with van der Waals surface area (Å²) in [4.78, 5) is 11.0. The zero-order valence-electron chi connectivity index (χ0n) is 5.90. The van der Waals surface area contributed by atoms with Gasteiger partial charge in [0.25, 0.3) is 0 Å². The Morgan fingerprint density at radius 1 is 1.64 bits per heavy atom. The first kappa shape index (κ1) is 6.82. The second-order valence-electron chi connectivity index (χ2n) is 2.82. The first-order chi connectivity index (χ1) is 5.13. The molecular weight excluding hydrogens is 148 g/mol. The molecule has 0 aromatic carbocycles. The van der Waals surface area contributed by atoms with Crippen molar-refractivity contribution in [2.24, 2.45) is 0 Å². The lowest BCUT2D eigenvalue weighted by atomic mass is 9.96. The van der Waals surface area contributed by atoms with E-state index in [1.54, 1.807) is 0 Å². The number of fused-ring (bicyclic) bond motifs is 1. The van der Waals surface area contributed by atoms with Crippen molar-refractivity contribution in [2.45, 2.75) is 25.2 Å². The normalized spacial score (nSPS) is 42.4. The fourth-order valence-electron chi connectivity index (χ4n) is 1.28. The Balaban J connectivity index is 2.39. The fraction of sp³-hybridized carbons (Fsp3) is 0.571. The summed E-state index contributed by atoms with van der Waals surface area (Å²) >= 11 is 0.